The minimum absolute atomic E-state index is 0.0875. The van der Waals surface area contributed by atoms with Crippen LogP contribution in [-0.4, -0.2) is 41.9 Å². The molecule has 2 amide bonds. The number of rotatable bonds is 7. The third kappa shape index (κ3) is 5.63. The normalized spacial score (nSPS) is 16.4. The Balaban J connectivity index is 1.78. The van der Waals surface area contributed by atoms with Gasteiger partial charge in [0, 0.05) is 30.1 Å². The van der Waals surface area contributed by atoms with Crippen molar-refractivity contribution < 1.29 is 14.3 Å². The fraction of sp³-hybridized carbons (Fsp3) is 0.600. The van der Waals surface area contributed by atoms with Crippen molar-refractivity contribution in [2.75, 3.05) is 13.1 Å². The van der Waals surface area contributed by atoms with Crippen LogP contribution in [0.1, 0.15) is 46.5 Å². The van der Waals surface area contributed by atoms with Gasteiger partial charge in [-0.25, -0.2) is 0 Å². The molecule has 0 aliphatic carbocycles. The summed E-state index contributed by atoms with van der Waals surface area (Å²) in [5, 5.41) is 3.67. The first-order valence-electron chi connectivity index (χ1n) is 9.46. The van der Waals surface area contributed by atoms with E-state index in [2.05, 4.69) is 19.2 Å². The Morgan fingerprint density at radius 3 is 2.31 bits per heavy atom. The molecule has 1 aromatic rings. The second-order valence-corrected chi connectivity index (χ2v) is 7.27. The van der Waals surface area contributed by atoms with Crippen LogP contribution in [0.4, 0.5) is 0 Å². The number of hydrogen-bond donors (Lipinski definition) is 1. The van der Waals surface area contributed by atoms with Gasteiger partial charge in [0.25, 0.3) is 5.91 Å². The van der Waals surface area contributed by atoms with Crippen LogP contribution < -0.4 is 10.1 Å². The number of halogens is 1. The predicted octanol–water partition coefficient (Wildman–Crippen LogP) is 3.65. The van der Waals surface area contributed by atoms with Gasteiger partial charge in [0.2, 0.25) is 5.91 Å². The van der Waals surface area contributed by atoms with Gasteiger partial charge in [-0.2, -0.15) is 0 Å². The van der Waals surface area contributed by atoms with Crippen molar-refractivity contribution >= 4 is 23.4 Å². The van der Waals surface area contributed by atoms with Gasteiger partial charge in [-0.05, 0) is 56.9 Å². The Hall–Kier alpha value is -1.75. The van der Waals surface area contributed by atoms with Gasteiger partial charge in [0.1, 0.15) is 5.75 Å². The van der Waals surface area contributed by atoms with Gasteiger partial charge in [0.05, 0.1) is 0 Å². The molecule has 1 aliphatic heterocycles. The summed E-state index contributed by atoms with van der Waals surface area (Å²) in [4.78, 5) is 26.7. The third-order valence-corrected chi connectivity index (χ3v) is 5.24. The number of hydrogen-bond acceptors (Lipinski definition) is 3. The predicted molar refractivity (Wildman–Crippen MR) is 103 cm³/mol. The van der Waals surface area contributed by atoms with Gasteiger partial charge < -0.3 is 15.0 Å². The van der Waals surface area contributed by atoms with Gasteiger partial charge in [-0.1, -0.05) is 25.4 Å². The molecule has 1 N–H and O–H groups in total. The molecule has 26 heavy (non-hydrogen) atoms. The molecule has 2 rings (SSSR count). The van der Waals surface area contributed by atoms with Crippen LogP contribution in [0, 0.1) is 5.92 Å². The molecule has 1 fully saturated rings. The highest BCUT2D eigenvalue weighted by Crippen LogP contribution is 2.19. The van der Waals surface area contributed by atoms with E-state index in [1.807, 2.05) is 4.90 Å². The van der Waals surface area contributed by atoms with Gasteiger partial charge in [0.15, 0.2) is 6.10 Å². The number of amides is 2. The maximum absolute atomic E-state index is 12.4. The van der Waals surface area contributed by atoms with E-state index in [1.54, 1.807) is 31.2 Å². The zero-order valence-corrected chi connectivity index (χ0v) is 16.6. The Labute approximate surface area is 161 Å². The molecule has 1 unspecified atom stereocenters. The maximum atomic E-state index is 12.4. The van der Waals surface area contributed by atoms with Crippen LogP contribution in [0.5, 0.6) is 5.75 Å². The lowest BCUT2D eigenvalue weighted by molar-refractivity contribution is -0.137. The minimum Gasteiger partial charge on any atom is -0.481 e. The number of benzene rings is 1. The van der Waals surface area contributed by atoms with E-state index in [9.17, 15) is 9.59 Å². The maximum Gasteiger partial charge on any atom is 0.260 e. The second-order valence-electron chi connectivity index (χ2n) is 6.84. The van der Waals surface area contributed by atoms with Crippen molar-refractivity contribution in [3.63, 3.8) is 0 Å². The Kier molecular flexibility index (Phi) is 7.76. The number of nitrogens with zero attached hydrogens (tertiary/aromatic N) is 1. The summed E-state index contributed by atoms with van der Waals surface area (Å²) in [6, 6.07) is 7.04. The van der Waals surface area contributed by atoms with Crippen LogP contribution in [0.15, 0.2) is 24.3 Å². The molecule has 0 bridgehead atoms. The van der Waals surface area contributed by atoms with Gasteiger partial charge >= 0.3 is 0 Å². The van der Waals surface area contributed by atoms with Gasteiger partial charge in [-0.15, -0.1) is 0 Å². The average Bonchev–Trinajstić information content (AvgIpc) is 2.65. The molecule has 1 aliphatic rings. The number of nitrogens with one attached hydrogen (secondary N) is 1. The van der Waals surface area contributed by atoms with Crippen molar-refractivity contribution in [1.29, 1.82) is 0 Å². The van der Waals surface area contributed by atoms with Crippen molar-refractivity contribution in [1.82, 2.24) is 10.2 Å². The molecular formula is C20H29ClN2O3. The summed E-state index contributed by atoms with van der Waals surface area (Å²) in [5.41, 5.74) is 0. The lowest BCUT2D eigenvalue weighted by Gasteiger charge is -2.34. The van der Waals surface area contributed by atoms with Crippen LogP contribution in [0.3, 0.4) is 0 Å². The zero-order valence-electron chi connectivity index (χ0n) is 15.8. The highest BCUT2D eigenvalue weighted by atomic mass is 35.5. The molecule has 0 saturated carbocycles. The van der Waals surface area contributed by atoms with Crippen LogP contribution in [-0.2, 0) is 9.59 Å². The summed E-state index contributed by atoms with van der Waals surface area (Å²) < 4.78 is 5.66. The Morgan fingerprint density at radius 1 is 1.19 bits per heavy atom. The number of carbonyl (C=O) groups is 2. The van der Waals surface area contributed by atoms with E-state index in [4.69, 9.17) is 16.3 Å². The summed E-state index contributed by atoms with van der Waals surface area (Å²) in [6.07, 6.45) is 2.74. The monoisotopic (exact) mass is 380 g/mol. The van der Waals surface area contributed by atoms with E-state index in [0.29, 0.717) is 23.9 Å². The molecule has 1 aromatic carbocycles. The third-order valence-electron chi connectivity index (χ3n) is 4.98. The number of likely N-dealkylation sites (tertiary alicyclic amines) is 1. The Morgan fingerprint density at radius 2 is 1.77 bits per heavy atom. The van der Waals surface area contributed by atoms with E-state index in [1.165, 1.54) is 0 Å². The second kappa shape index (κ2) is 9.81. The van der Waals surface area contributed by atoms with E-state index in [-0.39, 0.29) is 23.8 Å². The summed E-state index contributed by atoms with van der Waals surface area (Å²) in [7, 11) is 0. The van der Waals surface area contributed by atoms with Crippen LogP contribution in [0.25, 0.3) is 0 Å². The topological polar surface area (TPSA) is 58.6 Å². The standard InChI is InChI=1S/C20H29ClN2O3/c1-4-15(5-2)20(25)23-12-10-17(11-13-23)22-19(24)14(3)26-18-8-6-16(21)7-9-18/h6-9,14-15,17H,4-5,10-13H2,1-3H3,(H,22,24). The van der Waals surface area contributed by atoms with Crippen LogP contribution in [0.2, 0.25) is 5.02 Å². The zero-order chi connectivity index (χ0) is 19.1. The number of ether oxygens (including phenoxy) is 1. The SMILES string of the molecule is CCC(CC)C(=O)N1CCC(NC(=O)C(C)Oc2ccc(Cl)cc2)CC1. The highest BCUT2D eigenvalue weighted by Gasteiger charge is 2.28. The highest BCUT2D eigenvalue weighted by molar-refractivity contribution is 6.30. The summed E-state index contributed by atoms with van der Waals surface area (Å²) in [6.45, 7) is 7.25. The first kappa shape index (κ1) is 20.6. The molecule has 6 heteroatoms. The summed E-state index contributed by atoms with van der Waals surface area (Å²) in [5.74, 6) is 0.848. The van der Waals surface area contributed by atoms with E-state index >= 15 is 0 Å². The minimum atomic E-state index is -0.583. The van der Waals surface area contributed by atoms with Crippen molar-refractivity contribution in [3.8, 4) is 5.75 Å². The fourth-order valence-electron chi connectivity index (χ4n) is 3.23. The van der Waals surface area contributed by atoms with Crippen LogP contribution >= 0.6 is 11.6 Å². The molecule has 0 aromatic heterocycles. The molecule has 5 nitrogen and oxygen atoms in total. The van der Waals surface area contributed by atoms with Crippen molar-refractivity contribution in [3.05, 3.63) is 29.3 Å². The number of carbonyl (C=O) groups excluding carboxylic acids is 2. The molecule has 0 spiro atoms. The molecule has 1 saturated heterocycles. The Bertz CT molecular complexity index is 594. The molecule has 1 heterocycles. The molecular weight excluding hydrogens is 352 g/mol. The fourth-order valence-corrected chi connectivity index (χ4v) is 3.36. The van der Waals surface area contributed by atoms with E-state index < -0.39 is 6.10 Å². The summed E-state index contributed by atoms with van der Waals surface area (Å²) >= 11 is 5.85. The van der Waals surface area contributed by atoms with Crippen molar-refractivity contribution in [2.45, 2.75) is 58.6 Å². The van der Waals surface area contributed by atoms with Gasteiger partial charge in [-0.3, -0.25) is 9.59 Å². The lowest BCUT2D eigenvalue weighted by Crippen LogP contribution is -2.50. The molecule has 1 atom stereocenters. The molecule has 0 radical (unpaired) electrons. The first-order chi connectivity index (χ1) is 12.4. The quantitative estimate of drug-likeness (QED) is 0.785. The molecule has 144 valence electrons. The lowest BCUT2D eigenvalue weighted by atomic mass is 9.98. The smallest absolute Gasteiger partial charge is 0.260 e. The largest absolute Gasteiger partial charge is 0.481 e. The number of piperidine rings is 1. The average molecular weight is 381 g/mol. The van der Waals surface area contributed by atoms with Crippen molar-refractivity contribution in [2.24, 2.45) is 5.92 Å². The van der Waals surface area contributed by atoms with E-state index in [0.717, 1.165) is 25.7 Å². The first-order valence-corrected chi connectivity index (χ1v) is 9.83.